The van der Waals surface area contributed by atoms with Crippen molar-refractivity contribution < 1.29 is 4.74 Å². The van der Waals surface area contributed by atoms with Crippen LogP contribution in [0.15, 0.2) is 42.6 Å². The summed E-state index contributed by atoms with van der Waals surface area (Å²) in [4.78, 5) is 3.91. The molecule has 3 nitrogen and oxygen atoms in total. The number of pyridine rings is 1. The van der Waals surface area contributed by atoms with Gasteiger partial charge in [0.1, 0.15) is 6.61 Å². The molecule has 0 saturated carbocycles. The zero-order valence-corrected chi connectivity index (χ0v) is 9.32. The lowest BCUT2D eigenvalue weighted by molar-refractivity contribution is 0.307. The number of rotatable bonds is 3. The summed E-state index contributed by atoms with van der Waals surface area (Å²) < 4.78 is 5.53. The van der Waals surface area contributed by atoms with Gasteiger partial charge < -0.3 is 10.5 Å². The van der Waals surface area contributed by atoms with Gasteiger partial charge in [-0.1, -0.05) is 41.9 Å². The third kappa shape index (κ3) is 2.64. The largest absolute Gasteiger partial charge is 0.485 e. The number of aromatic nitrogens is 1. The number of anilines is 1. The standard InChI is InChI=1S/C12H11ClN2O/c13-10-6-11(12(14)15-7-10)16-8-9-4-2-1-3-5-9/h1-7H,8H2,(H2,14,15). The van der Waals surface area contributed by atoms with Crippen molar-refractivity contribution in [1.29, 1.82) is 0 Å². The first-order chi connectivity index (χ1) is 7.75. The molecule has 0 bridgehead atoms. The van der Waals surface area contributed by atoms with Gasteiger partial charge in [0.2, 0.25) is 0 Å². The lowest BCUT2D eigenvalue weighted by atomic mass is 10.2. The monoisotopic (exact) mass is 234 g/mol. The fourth-order valence-electron chi connectivity index (χ4n) is 1.28. The molecule has 0 radical (unpaired) electrons. The number of nitrogen functional groups attached to an aromatic ring is 1. The van der Waals surface area contributed by atoms with Gasteiger partial charge in [0.15, 0.2) is 11.6 Å². The van der Waals surface area contributed by atoms with Gasteiger partial charge in [-0.05, 0) is 5.56 Å². The highest BCUT2D eigenvalue weighted by Crippen LogP contribution is 2.23. The molecule has 0 aliphatic rings. The Morgan fingerprint density at radius 1 is 1.25 bits per heavy atom. The van der Waals surface area contributed by atoms with E-state index in [2.05, 4.69) is 4.98 Å². The summed E-state index contributed by atoms with van der Waals surface area (Å²) in [6.07, 6.45) is 1.49. The summed E-state index contributed by atoms with van der Waals surface area (Å²) in [6, 6.07) is 11.5. The van der Waals surface area contributed by atoms with Crippen LogP contribution in [0.2, 0.25) is 5.02 Å². The van der Waals surface area contributed by atoms with Gasteiger partial charge in [0.25, 0.3) is 0 Å². The Balaban J connectivity index is 2.08. The Hall–Kier alpha value is -1.74. The molecule has 1 aromatic heterocycles. The predicted molar refractivity (Wildman–Crippen MR) is 64.4 cm³/mol. The predicted octanol–water partition coefficient (Wildman–Crippen LogP) is 2.90. The topological polar surface area (TPSA) is 48.1 Å². The van der Waals surface area contributed by atoms with Crippen molar-refractivity contribution in [3.63, 3.8) is 0 Å². The smallest absolute Gasteiger partial charge is 0.166 e. The van der Waals surface area contributed by atoms with E-state index in [-0.39, 0.29) is 0 Å². The zero-order chi connectivity index (χ0) is 11.4. The van der Waals surface area contributed by atoms with E-state index in [0.29, 0.717) is 23.2 Å². The van der Waals surface area contributed by atoms with Crippen LogP contribution in [0.1, 0.15) is 5.56 Å². The van der Waals surface area contributed by atoms with Crippen LogP contribution in [-0.4, -0.2) is 4.98 Å². The van der Waals surface area contributed by atoms with Crippen LogP contribution >= 0.6 is 11.6 Å². The number of nitrogens with two attached hydrogens (primary N) is 1. The number of hydrogen-bond acceptors (Lipinski definition) is 3. The molecule has 0 amide bonds. The molecule has 2 N–H and O–H groups in total. The minimum atomic E-state index is 0.348. The lowest BCUT2D eigenvalue weighted by Gasteiger charge is -2.08. The molecule has 1 heterocycles. The number of ether oxygens (including phenoxy) is 1. The highest BCUT2D eigenvalue weighted by molar-refractivity contribution is 6.30. The van der Waals surface area contributed by atoms with Crippen molar-refractivity contribution >= 4 is 17.4 Å². The first-order valence-electron chi connectivity index (χ1n) is 4.83. The number of benzene rings is 1. The highest BCUT2D eigenvalue weighted by atomic mass is 35.5. The average molecular weight is 235 g/mol. The van der Waals surface area contributed by atoms with Crippen LogP contribution in [0, 0.1) is 0 Å². The summed E-state index contributed by atoms with van der Waals surface area (Å²) in [6.45, 7) is 0.451. The number of nitrogens with zero attached hydrogens (tertiary/aromatic N) is 1. The minimum absolute atomic E-state index is 0.348. The third-order valence-electron chi connectivity index (χ3n) is 2.09. The molecular formula is C12H11ClN2O. The van der Waals surface area contributed by atoms with Crippen LogP contribution in [0.5, 0.6) is 5.75 Å². The summed E-state index contributed by atoms with van der Waals surface area (Å²) in [7, 11) is 0. The Bertz CT molecular complexity index is 474. The van der Waals surface area contributed by atoms with E-state index in [1.165, 1.54) is 6.20 Å². The van der Waals surface area contributed by atoms with E-state index in [0.717, 1.165) is 5.56 Å². The van der Waals surface area contributed by atoms with Crippen LogP contribution < -0.4 is 10.5 Å². The fourth-order valence-corrected chi connectivity index (χ4v) is 1.43. The van der Waals surface area contributed by atoms with Gasteiger partial charge in [-0.15, -0.1) is 0 Å². The molecular weight excluding hydrogens is 224 g/mol. The minimum Gasteiger partial charge on any atom is -0.485 e. The van der Waals surface area contributed by atoms with E-state index in [1.54, 1.807) is 6.07 Å². The molecule has 82 valence electrons. The normalized spacial score (nSPS) is 10.1. The van der Waals surface area contributed by atoms with Gasteiger partial charge in [0, 0.05) is 12.3 Å². The highest BCUT2D eigenvalue weighted by Gasteiger charge is 2.02. The molecule has 0 aliphatic carbocycles. The maximum atomic E-state index is 5.80. The van der Waals surface area contributed by atoms with Crippen LogP contribution in [0.25, 0.3) is 0 Å². The van der Waals surface area contributed by atoms with Crippen molar-refractivity contribution in [2.75, 3.05) is 5.73 Å². The van der Waals surface area contributed by atoms with E-state index < -0.39 is 0 Å². The molecule has 0 atom stereocenters. The summed E-state index contributed by atoms with van der Waals surface area (Å²) >= 11 is 5.80. The van der Waals surface area contributed by atoms with Crippen molar-refractivity contribution in [2.24, 2.45) is 0 Å². The summed E-state index contributed by atoms with van der Waals surface area (Å²) in [5, 5.41) is 0.511. The van der Waals surface area contributed by atoms with Gasteiger partial charge in [0.05, 0.1) is 5.02 Å². The van der Waals surface area contributed by atoms with Crippen LogP contribution in [0.3, 0.4) is 0 Å². The van der Waals surface area contributed by atoms with E-state index >= 15 is 0 Å². The second-order valence-corrected chi connectivity index (χ2v) is 3.75. The summed E-state index contributed by atoms with van der Waals surface area (Å²) in [5.74, 6) is 0.858. The van der Waals surface area contributed by atoms with Crippen molar-refractivity contribution in [3.05, 3.63) is 53.2 Å². The third-order valence-corrected chi connectivity index (χ3v) is 2.29. The van der Waals surface area contributed by atoms with Crippen LogP contribution in [0.4, 0.5) is 5.82 Å². The zero-order valence-electron chi connectivity index (χ0n) is 8.56. The van der Waals surface area contributed by atoms with Gasteiger partial charge in [-0.3, -0.25) is 0 Å². The van der Waals surface area contributed by atoms with Gasteiger partial charge in [-0.2, -0.15) is 0 Å². The average Bonchev–Trinajstić information content (AvgIpc) is 2.32. The van der Waals surface area contributed by atoms with Crippen molar-refractivity contribution in [2.45, 2.75) is 6.61 Å². The van der Waals surface area contributed by atoms with Crippen molar-refractivity contribution in [3.8, 4) is 5.75 Å². The Kier molecular flexibility index (Phi) is 3.27. The summed E-state index contributed by atoms with van der Waals surface area (Å²) in [5.41, 5.74) is 6.73. The molecule has 16 heavy (non-hydrogen) atoms. The Morgan fingerprint density at radius 3 is 2.75 bits per heavy atom. The molecule has 0 fully saturated rings. The van der Waals surface area contributed by atoms with E-state index in [4.69, 9.17) is 22.1 Å². The molecule has 1 aromatic carbocycles. The molecule has 2 aromatic rings. The van der Waals surface area contributed by atoms with Gasteiger partial charge >= 0.3 is 0 Å². The molecule has 4 heteroatoms. The molecule has 0 spiro atoms. The Morgan fingerprint density at radius 2 is 2.00 bits per heavy atom. The van der Waals surface area contributed by atoms with Crippen molar-refractivity contribution in [1.82, 2.24) is 4.98 Å². The Labute approximate surface area is 98.8 Å². The molecule has 0 unspecified atom stereocenters. The van der Waals surface area contributed by atoms with E-state index in [9.17, 15) is 0 Å². The number of halogens is 1. The lowest BCUT2D eigenvalue weighted by Crippen LogP contribution is -2.00. The maximum absolute atomic E-state index is 5.80. The fraction of sp³-hybridized carbons (Fsp3) is 0.0833. The first-order valence-corrected chi connectivity index (χ1v) is 5.21. The second-order valence-electron chi connectivity index (χ2n) is 3.31. The van der Waals surface area contributed by atoms with Gasteiger partial charge in [-0.25, -0.2) is 4.98 Å². The first kappa shape index (κ1) is 10.8. The number of hydrogen-bond donors (Lipinski definition) is 1. The van der Waals surface area contributed by atoms with Crippen LogP contribution in [-0.2, 0) is 6.61 Å². The molecule has 2 rings (SSSR count). The van der Waals surface area contributed by atoms with E-state index in [1.807, 2.05) is 30.3 Å². The SMILES string of the molecule is Nc1ncc(Cl)cc1OCc1ccccc1. The quantitative estimate of drug-likeness (QED) is 0.888. The molecule has 0 saturated heterocycles. The maximum Gasteiger partial charge on any atom is 0.166 e. The second kappa shape index (κ2) is 4.86. The molecule has 0 aliphatic heterocycles.